The summed E-state index contributed by atoms with van der Waals surface area (Å²) in [5.74, 6) is -0.601. The predicted octanol–water partition coefficient (Wildman–Crippen LogP) is 6.54. The van der Waals surface area contributed by atoms with Gasteiger partial charge in [-0.3, -0.25) is 9.59 Å². The van der Waals surface area contributed by atoms with Gasteiger partial charge in [-0.2, -0.15) is 0 Å². The Labute approximate surface area is 203 Å². The minimum atomic E-state index is -1.03. The lowest BCUT2D eigenvalue weighted by Gasteiger charge is -2.20. The lowest BCUT2D eigenvalue weighted by atomic mass is 9.97. The fraction of sp³-hybridized carbons (Fsp3) is 0.207. The van der Waals surface area contributed by atoms with Gasteiger partial charge in [0.25, 0.3) is 0 Å². The highest BCUT2D eigenvalue weighted by Crippen LogP contribution is 2.33. The zero-order valence-electron chi connectivity index (χ0n) is 20.1. The molecular weight excluding hydrogens is 442 g/mol. The first kappa shape index (κ1) is 24.0. The lowest BCUT2D eigenvalue weighted by Crippen LogP contribution is -2.14. The number of anilines is 1. The summed E-state index contributed by atoms with van der Waals surface area (Å²) in [6, 6.07) is 17.2. The fourth-order valence-electron chi connectivity index (χ4n) is 4.31. The summed E-state index contributed by atoms with van der Waals surface area (Å²) in [6.07, 6.45) is 0.383. The molecule has 4 rings (SSSR count). The van der Waals surface area contributed by atoms with E-state index in [0.717, 1.165) is 11.1 Å². The van der Waals surface area contributed by atoms with Gasteiger partial charge in [-0.1, -0.05) is 43.3 Å². The molecule has 1 atom stereocenters. The summed E-state index contributed by atoms with van der Waals surface area (Å²) in [4.78, 5) is 37.3. The first-order valence-electron chi connectivity index (χ1n) is 11.5. The molecule has 1 unspecified atom stereocenters. The van der Waals surface area contributed by atoms with E-state index >= 15 is 0 Å². The molecule has 0 bridgehead atoms. The number of carboxylic acid groups (broad SMARTS) is 1. The van der Waals surface area contributed by atoms with E-state index in [4.69, 9.17) is 4.42 Å². The van der Waals surface area contributed by atoms with Crippen LogP contribution in [0.25, 0.3) is 22.3 Å². The Morgan fingerprint density at radius 2 is 1.77 bits per heavy atom. The van der Waals surface area contributed by atoms with Crippen LogP contribution in [-0.2, 0) is 0 Å². The van der Waals surface area contributed by atoms with Gasteiger partial charge in [0.2, 0.25) is 0 Å². The van der Waals surface area contributed by atoms with Crippen LogP contribution in [0.15, 0.2) is 69.9 Å². The first-order chi connectivity index (χ1) is 16.7. The van der Waals surface area contributed by atoms with Crippen LogP contribution in [0.3, 0.4) is 0 Å². The highest BCUT2D eigenvalue weighted by Gasteiger charge is 2.20. The van der Waals surface area contributed by atoms with Crippen LogP contribution >= 0.6 is 0 Å². The van der Waals surface area contributed by atoms with E-state index in [0.29, 0.717) is 45.5 Å². The molecule has 0 aliphatic carbocycles. The maximum atomic E-state index is 13.4. The van der Waals surface area contributed by atoms with E-state index < -0.39 is 5.97 Å². The van der Waals surface area contributed by atoms with Crippen LogP contribution < -0.4 is 10.7 Å². The number of carbonyl (C=O) groups excluding carboxylic acids is 1. The van der Waals surface area contributed by atoms with Crippen LogP contribution in [0.4, 0.5) is 5.69 Å². The molecule has 0 aliphatic rings. The van der Waals surface area contributed by atoms with Gasteiger partial charge in [-0.25, -0.2) is 4.79 Å². The smallest absolute Gasteiger partial charge is 0.337 e. The third-order valence-electron chi connectivity index (χ3n) is 6.16. The molecule has 0 radical (unpaired) electrons. The Morgan fingerprint density at radius 1 is 1.03 bits per heavy atom. The third kappa shape index (κ3) is 4.60. The molecule has 3 aromatic carbocycles. The number of carboxylic acids is 1. The quantitative estimate of drug-likeness (QED) is 0.298. The molecule has 6 heteroatoms. The monoisotopic (exact) mass is 469 g/mol. The van der Waals surface area contributed by atoms with Crippen molar-refractivity contribution in [2.45, 2.75) is 40.2 Å². The molecule has 0 saturated heterocycles. The molecule has 1 aromatic heterocycles. The van der Waals surface area contributed by atoms with Crippen molar-refractivity contribution >= 4 is 28.4 Å². The summed E-state index contributed by atoms with van der Waals surface area (Å²) in [6.45, 7) is 7.33. The van der Waals surface area contributed by atoms with E-state index in [1.165, 1.54) is 6.07 Å². The van der Waals surface area contributed by atoms with Crippen molar-refractivity contribution in [1.82, 2.24) is 0 Å². The maximum absolute atomic E-state index is 13.4. The minimum Gasteiger partial charge on any atom is -0.478 e. The highest BCUT2D eigenvalue weighted by molar-refractivity contribution is 5.97. The molecule has 0 saturated carbocycles. The van der Waals surface area contributed by atoms with Gasteiger partial charge < -0.3 is 14.8 Å². The number of para-hydroxylation sites is 1. The van der Waals surface area contributed by atoms with E-state index in [1.54, 1.807) is 49.4 Å². The Hall–Kier alpha value is -4.19. The zero-order chi connectivity index (χ0) is 25.3. The molecule has 0 spiro atoms. The molecule has 4 aromatic rings. The average molecular weight is 470 g/mol. The topological polar surface area (TPSA) is 96.6 Å². The number of carbonyl (C=O) groups is 2. The number of ketones is 1. The Bertz CT molecular complexity index is 1520. The van der Waals surface area contributed by atoms with Crippen molar-refractivity contribution < 1.29 is 19.1 Å². The van der Waals surface area contributed by atoms with Crippen LogP contribution in [0.1, 0.15) is 63.7 Å². The van der Waals surface area contributed by atoms with Crippen molar-refractivity contribution in [3.05, 3.63) is 98.7 Å². The molecular formula is C29H27NO5. The highest BCUT2D eigenvalue weighted by atomic mass is 16.4. The van der Waals surface area contributed by atoms with Gasteiger partial charge in [0.05, 0.1) is 17.0 Å². The van der Waals surface area contributed by atoms with Crippen molar-refractivity contribution in [1.29, 1.82) is 0 Å². The number of hydrogen-bond donors (Lipinski definition) is 2. The van der Waals surface area contributed by atoms with Crippen molar-refractivity contribution in [2.75, 3.05) is 5.32 Å². The summed E-state index contributed by atoms with van der Waals surface area (Å²) in [5, 5.41) is 13.3. The second-order valence-corrected chi connectivity index (χ2v) is 8.69. The maximum Gasteiger partial charge on any atom is 0.337 e. The van der Waals surface area contributed by atoms with Crippen molar-refractivity contribution in [3.63, 3.8) is 0 Å². The van der Waals surface area contributed by atoms with Gasteiger partial charge in [0, 0.05) is 34.4 Å². The first-order valence-corrected chi connectivity index (χ1v) is 11.5. The van der Waals surface area contributed by atoms with E-state index in [2.05, 4.69) is 5.32 Å². The van der Waals surface area contributed by atoms with Gasteiger partial charge in [-0.05, 0) is 50.6 Å². The number of benzene rings is 3. The number of rotatable bonds is 7. The number of aromatic carboxylic acids is 1. The SMILES string of the molecule is CCC(=O)c1cccc(-c2oc3c(C(C)Nc4ccccc4C(=O)O)cc(C)cc3c(=O)c2C)c1. The predicted molar refractivity (Wildman–Crippen MR) is 137 cm³/mol. The number of aryl methyl sites for hydroxylation is 1. The third-order valence-corrected chi connectivity index (χ3v) is 6.16. The standard InChI is InChI=1S/C29H27NO5/c1-5-25(31)19-9-8-10-20(15-19)27-17(3)26(32)23-14-16(2)13-22(28(23)35-27)18(4)30-24-12-7-6-11-21(24)29(33)34/h6-15,18,30H,5H2,1-4H3,(H,33,34). The van der Waals surface area contributed by atoms with Crippen molar-refractivity contribution in [3.8, 4) is 11.3 Å². The number of fused-ring (bicyclic) bond motifs is 1. The Kier molecular flexibility index (Phi) is 6.56. The Balaban J connectivity index is 1.89. The second kappa shape index (κ2) is 9.58. The van der Waals surface area contributed by atoms with Crippen LogP contribution in [0, 0.1) is 13.8 Å². The van der Waals surface area contributed by atoms with Gasteiger partial charge in [0.15, 0.2) is 11.2 Å². The second-order valence-electron chi connectivity index (χ2n) is 8.69. The Morgan fingerprint density at radius 3 is 2.49 bits per heavy atom. The molecule has 6 nitrogen and oxygen atoms in total. The summed E-state index contributed by atoms with van der Waals surface area (Å²) in [7, 11) is 0. The van der Waals surface area contributed by atoms with E-state index in [9.17, 15) is 19.5 Å². The molecule has 178 valence electrons. The molecule has 0 amide bonds. The normalized spacial score (nSPS) is 11.9. The van der Waals surface area contributed by atoms with Gasteiger partial charge >= 0.3 is 5.97 Å². The minimum absolute atomic E-state index is 0.0128. The number of hydrogen-bond acceptors (Lipinski definition) is 5. The van der Waals surface area contributed by atoms with Crippen LogP contribution in [-0.4, -0.2) is 16.9 Å². The zero-order valence-corrected chi connectivity index (χ0v) is 20.1. The van der Waals surface area contributed by atoms with Gasteiger partial charge in [0.1, 0.15) is 11.3 Å². The average Bonchev–Trinajstić information content (AvgIpc) is 2.85. The molecule has 1 heterocycles. The lowest BCUT2D eigenvalue weighted by molar-refractivity contribution is 0.0697. The van der Waals surface area contributed by atoms with Crippen molar-refractivity contribution in [2.24, 2.45) is 0 Å². The van der Waals surface area contributed by atoms with E-state index in [1.807, 2.05) is 32.9 Å². The van der Waals surface area contributed by atoms with E-state index in [-0.39, 0.29) is 22.8 Å². The van der Waals surface area contributed by atoms with Gasteiger partial charge in [-0.15, -0.1) is 0 Å². The summed E-state index contributed by atoms with van der Waals surface area (Å²) < 4.78 is 6.38. The van der Waals surface area contributed by atoms with Crippen LogP contribution in [0.5, 0.6) is 0 Å². The molecule has 0 fully saturated rings. The molecule has 2 N–H and O–H groups in total. The molecule has 35 heavy (non-hydrogen) atoms. The summed E-state index contributed by atoms with van der Waals surface area (Å²) in [5.41, 5.74) is 4.24. The fourth-order valence-corrected chi connectivity index (χ4v) is 4.31. The largest absolute Gasteiger partial charge is 0.478 e. The van der Waals surface area contributed by atoms with Crippen LogP contribution in [0.2, 0.25) is 0 Å². The number of nitrogens with one attached hydrogen (secondary N) is 1. The number of Topliss-reactive ketones (excluding diaryl/α,β-unsaturated/α-hetero) is 1. The molecule has 0 aliphatic heterocycles. The summed E-state index contributed by atoms with van der Waals surface area (Å²) >= 11 is 0.